The van der Waals surface area contributed by atoms with E-state index in [4.69, 9.17) is 5.73 Å². The van der Waals surface area contributed by atoms with Gasteiger partial charge in [-0.1, -0.05) is 13.5 Å². The van der Waals surface area contributed by atoms with E-state index < -0.39 is 0 Å². The standard InChI is InChI=1S/C7H12FN/c1-3-7(8)4-6(2)5-9/h4H,2-3,5,9H2,1H3/b7-4+. The van der Waals surface area contributed by atoms with Gasteiger partial charge >= 0.3 is 0 Å². The van der Waals surface area contributed by atoms with Crippen LogP contribution in [0.2, 0.25) is 0 Å². The Morgan fingerprint density at radius 2 is 2.33 bits per heavy atom. The Kier molecular flexibility index (Phi) is 3.97. The van der Waals surface area contributed by atoms with Gasteiger partial charge < -0.3 is 5.73 Å². The van der Waals surface area contributed by atoms with Crippen molar-refractivity contribution in [2.75, 3.05) is 6.54 Å². The first-order valence-electron chi connectivity index (χ1n) is 2.94. The van der Waals surface area contributed by atoms with E-state index in [1.807, 2.05) is 0 Å². The molecule has 9 heavy (non-hydrogen) atoms. The Labute approximate surface area is 55.1 Å². The van der Waals surface area contributed by atoms with Gasteiger partial charge in [-0.05, 0) is 18.1 Å². The number of hydrogen-bond acceptors (Lipinski definition) is 1. The van der Waals surface area contributed by atoms with Crippen LogP contribution in [-0.4, -0.2) is 6.54 Å². The van der Waals surface area contributed by atoms with Crippen LogP contribution in [0.3, 0.4) is 0 Å². The molecule has 0 aliphatic heterocycles. The topological polar surface area (TPSA) is 26.0 Å². The Balaban J connectivity index is 3.79. The summed E-state index contributed by atoms with van der Waals surface area (Å²) in [4.78, 5) is 0. The highest BCUT2D eigenvalue weighted by atomic mass is 19.1. The van der Waals surface area contributed by atoms with Crippen molar-refractivity contribution in [3.63, 3.8) is 0 Å². The molecule has 0 saturated heterocycles. The SMILES string of the molecule is C=C(/C=C(/F)CC)CN. The monoisotopic (exact) mass is 129 g/mol. The first-order valence-corrected chi connectivity index (χ1v) is 2.94. The van der Waals surface area contributed by atoms with Crippen molar-refractivity contribution in [1.82, 2.24) is 0 Å². The van der Waals surface area contributed by atoms with Crippen molar-refractivity contribution in [2.24, 2.45) is 5.73 Å². The van der Waals surface area contributed by atoms with Gasteiger partial charge in [0.15, 0.2) is 0 Å². The Bertz CT molecular complexity index is 127. The average molecular weight is 129 g/mol. The summed E-state index contributed by atoms with van der Waals surface area (Å²) in [6.45, 7) is 5.59. The molecule has 0 heterocycles. The molecule has 0 fully saturated rings. The third kappa shape index (κ3) is 3.91. The van der Waals surface area contributed by atoms with Crippen LogP contribution in [0.4, 0.5) is 4.39 Å². The average Bonchev–Trinajstić information content (AvgIpc) is 1.87. The zero-order valence-electron chi connectivity index (χ0n) is 5.65. The third-order valence-electron chi connectivity index (χ3n) is 0.961. The van der Waals surface area contributed by atoms with Gasteiger partial charge in [0, 0.05) is 6.54 Å². The second-order valence-electron chi connectivity index (χ2n) is 1.81. The molecule has 0 saturated carbocycles. The van der Waals surface area contributed by atoms with Crippen molar-refractivity contribution >= 4 is 0 Å². The van der Waals surface area contributed by atoms with Crippen LogP contribution in [0.1, 0.15) is 13.3 Å². The highest BCUT2D eigenvalue weighted by molar-refractivity contribution is 5.17. The lowest BCUT2D eigenvalue weighted by Gasteiger charge is -1.92. The normalized spacial score (nSPS) is 11.7. The summed E-state index contributed by atoms with van der Waals surface area (Å²) < 4.78 is 12.3. The highest BCUT2D eigenvalue weighted by Crippen LogP contribution is 2.04. The van der Waals surface area contributed by atoms with Crippen molar-refractivity contribution in [3.05, 3.63) is 24.1 Å². The number of hydrogen-bond donors (Lipinski definition) is 1. The van der Waals surface area contributed by atoms with Gasteiger partial charge in [0.2, 0.25) is 0 Å². The molecule has 0 radical (unpaired) electrons. The molecule has 0 unspecified atom stereocenters. The van der Waals surface area contributed by atoms with E-state index >= 15 is 0 Å². The fourth-order valence-corrected chi connectivity index (χ4v) is 0.382. The van der Waals surface area contributed by atoms with Crippen LogP contribution in [0, 0.1) is 0 Å². The Morgan fingerprint density at radius 1 is 1.78 bits per heavy atom. The van der Waals surface area contributed by atoms with Crippen LogP contribution in [-0.2, 0) is 0 Å². The molecule has 0 amide bonds. The number of nitrogens with two attached hydrogens (primary N) is 1. The molecular weight excluding hydrogens is 117 g/mol. The first kappa shape index (κ1) is 8.37. The van der Waals surface area contributed by atoms with E-state index in [1.165, 1.54) is 6.08 Å². The van der Waals surface area contributed by atoms with E-state index in [2.05, 4.69) is 6.58 Å². The molecule has 1 nitrogen and oxygen atoms in total. The molecule has 0 aromatic carbocycles. The number of halogens is 1. The lowest BCUT2D eigenvalue weighted by molar-refractivity contribution is 0.603. The molecule has 52 valence electrons. The third-order valence-corrected chi connectivity index (χ3v) is 0.961. The zero-order chi connectivity index (χ0) is 7.28. The van der Waals surface area contributed by atoms with E-state index in [0.29, 0.717) is 18.5 Å². The summed E-state index contributed by atoms with van der Waals surface area (Å²) in [6.07, 6.45) is 1.79. The first-order chi connectivity index (χ1) is 4.20. The van der Waals surface area contributed by atoms with E-state index in [1.54, 1.807) is 6.92 Å². The zero-order valence-corrected chi connectivity index (χ0v) is 5.65. The minimum atomic E-state index is -0.162. The minimum Gasteiger partial charge on any atom is -0.327 e. The summed E-state index contributed by atoms with van der Waals surface area (Å²) in [5.41, 5.74) is 5.80. The summed E-state index contributed by atoms with van der Waals surface area (Å²) >= 11 is 0. The van der Waals surface area contributed by atoms with Crippen molar-refractivity contribution < 1.29 is 4.39 Å². The van der Waals surface area contributed by atoms with E-state index in [9.17, 15) is 4.39 Å². The molecule has 2 heteroatoms. The van der Waals surface area contributed by atoms with Crippen molar-refractivity contribution in [2.45, 2.75) is 13.3 Å². The molecule has 0 spiro atoms. The molecular formula is C7H12FN. The second kappa shape index (κ2) is 4.27. The maximum absolute atomic E-state index is 12.3. The largest absolute Gasteiger partial charge is 0.327 e. The van der Waals surface area contributed by atoms with Crippen LogP contribution in [0.15, 0.2) is 24.1 Å². The lowest BCUT2D eigenvalue weighted by atomic mass is 10.2. The molecule has 2 N–H and O–H groups in total. The Morgan fingerprint density at radius 3 is 2.67 bits per heavy atom. The second-order valence-corrected chi connectivity index (χ2v) is 1.81. The molecule has 0 bridgehead atoms. The Hall–Kier alpha value is -0.630. The maximum Gasteiger partial charge on any atom is 0.0999 e. The summed E-state index contributed by atoms with van der Waals surface area (Å²) in [7, 11) is 0. The van der Waals surface area contributed by atoms with Gasteiger partial charge in [-0.15, -0.1) is 0 Å². The fourth-order valence-electron chi connectivity index (χ4n) is 0.382. The van der Waals surface area contributed by atoms with Crippen molar-refractivity contribution in [1.29, 1.82) is 0 Å². The van der Waals surface area contributed by atoms with E-state index in [0.717, 1.165) is 0 Å². The van der Waals surface area contributed by atoms with Gasteiger partial charge in [0.05, 0.1) is 5.83 Å². The highest BCUT2D eigenvalue weighted by Gasteiger charge is 1.89. The summed E-state index contributed by atoms with van der Waals surface area (Å²) in [5, 5.41) is 0. The van der Waals surface area contributed by atoms with Crippen LogP contribution >= 0.6 is 0 Å². The molecule has 0 aromatic rings. The predicted octanol–water partition coefficient (Wildman–Crippen LogP) is 1.76. The van der Waals surface area contributed by atoms with Crippen LogP contribution in [0.5, 0.6) is 0 Å². The molecule has 0 rings (SSSR count). The van der Waals surface area contributed by atoms with Crippen LogP contribution in [0.25, 0.3) is 0 Å². The minimum absolute atomic E-state index is 0.162. The summed E-state index contributed by atoms with van der Waals surface area (Å²) in [5.74, 6) is -0.162. The molecule has 0 atom stereocenters. The summed E-state index contributed by atoms with van der Waals surface area (Å²) in [6, 6.07) is 0. The van der Waals surface area contributed by atoms with E-state index in [-0.39, 0.29) is 5.83 Å². The van der Waals surface area contributed by atoms with Gasteiger partial charge in [-0.2, -0.15) is 0 Å². The quantitative estimate of drug-likeness (QED) is 0.577. The molecule has 0 aliphatic carbocycles. The smallest absolute Gasteiger partial charge is 0.0999 e. The maximum atomic E-state index is 12.3. The number of rotatable bonds is 3. The molecule has 0 aliphatic rings. The fraction of sp³-hybridized carbons (Fsp3) is 0.429. The number of allylic oxidation sites excluding steroid dienone is 1. The van der Waals surface area contributed by atoms with Crippen molar-refractivity contribution in [3.8, 4) is 0 Å². The van der Waals surface area contributed by atoms with Gasteiger partial charge in [0.1, 0.15) is 0 Å². The van der Waals surface area contributed by atoms with Gasteiger partial charge in [-0.3, -0.25) is 0 Å². The predicted molar refractivity (Wildman–Crippen MR) is 37.7 cm³/mol. The lowest BCUT2D eigenvalue weighted by Crippen LogP contribution is -1.99. The van der Waals surface area contributed by atoms with Crippen LogP contribution < -0.4 is 5.73 Å². The van der Waals surface area contributed by atoms with Gasteiger partial charge in [0.25, 0.3) is 0 Å². The van der Waals surface area contributed by atoms with Gasteiger partial charge in [-0.25, -0.2) is 4.39 Å². The molecule has 0 aromatic heterocycles.